The van der Waals surface area contributed by atoms with Crippen LogP contribution < -0.4 is 10.4 Å². The highest BCUT2D eigenvalue weighted by Gasteiger charge is 2.13. The fraction of sp³-hybridized carbons (Fsp3) is 0.0476. The van der Waals surface area contributed by atoms with E-state index >= 15 is 0 Å². The van der Waals surface area contributed by atoms with Gasteiger partial charge in [0, 0.05) is 36.3 Å². The summed E-state index contributed by atoms with van der Waals surface area (Å²) in [5, 5.41) is 4.88. The normalized spacial score (nSPS) is 11.1. The molecule has 0 bridgehead atoms. The largest absolute Gasteiger partial charge is 0.350 e. The number of nitrogens with zero attached hydrogens (tertiary/aromatic N) is 3. The van der Waals surface area contributed by atoms with E-state index in [4.69, 9.17) is 0 Å². The zero-order valence-corrected chi connectivity index (χ0v) is 14.8. The molecule has 1 aromatic carbocycles. The maximum Gasteiger partial charge on any atom is 0.272 e. The third-order valence-electron chi connectivity index (χ3n) is 4.32. The zero-order valence-electron chi connectivity index (χ0n) is 14.8. The fourth-order valence-corrected chi connectivity index (χ4v) is 2.89. The number of carbonyl (C=O) groups excluding carboxylic acids is 1. The molecule has 3 aromatic heterocycles. The zero-order chi connectivity index (χ0) is 18.6. The van der Waals surface area contributed by atoms with E-state index in [1.54, 1.807) is 12.3 Å². The molecule has 0 aliphatic carbocycles. The third-order valence-corrected chi connectivity index (χ3v) is 4.32. The monoisotopic (exact) mass is 356 g/mol. The minimum absolute atomic E-state index is 0.275. The highest BCUT2D eigenvalue weighted by Crippen LogP contribution is 2.24. The molecule has 0 unspecified atom stereocenters. The molecule has 27 heavy (non-hydrogen) atoms. The number of nitrogens with one attached hydrogen (secondary N) is 2. The number of aryl methyl sites for hydroxylation is 1. The molecule has 6 heteroatoms. The van der Waals surface area contributed by atoms with Crippen LogP contribution in [0, 0.1) is 0 Å². The van der Waals surface area contributed by atoms with Crippen LogP contribution in [-0.2, 0) is 7.05 Å². The summed E-state index contributed by atoms with van der Waals surface area (Å²) in [6.45, 7) is 0. The standard InChI is InChI=1S/C21H17N5O/c1-26-12-4-5-16(26)14-23-25-21(27)18-13-20(15-8-10-22-11-9-15)24-19-7-3-2-6-17(18)19/h2-14H,1H3,(H,25,27)/p+1/b23-14+. The molecule has 6 nitrogen and oxygen atoms in total. The first kappa shape index (κ1) is 16.7. The summed E-state index contributed by atoms with van der Waals surface area (Å²) in [6, 6.07) is 17.1. The number of H-pyrrole nitrogens is 1. The van der Waals surface area contributed by atoms with Gasteiger partial charge in [-0.15, -0.1) is 0 Å². The number of hydrogen-bond acceptors (Lipinski definition) is 3. The Morgan fingerprint density at radius 3 is 2.74 bits per heavy atom. The van der Waals surface area contributed by atoms with E-state index in [9.17, 15) is 4.79 Å². The van der Waals surface area contributed by atoms with E-state index in [-0.39, 0.29) is 5.91 Å². The van der Waals surface area contributed by atoms with Gasteiger partial charge in [-0.2, -0.15) is 5.10 Å². The molecule has 0 aliphatic heterocycles. The summed E-state index contributed by atoms with van der Waals surface area (Å²) in [4.78, 5) is 20.5. The second kappa shape index (κ2) is 7.21. The van der Waals surface area contributed by atoms with Crippen molar-refractivity contribution < 1.29 is 9.78 Å². The van der Waals surface area contributed by atoms with E-state index in [1.807, 2.05) is 78.7 Å². The van der Waals surface area contributed by atoms with Gasteiger partial charge in [0.25, 0.3) is 5.91 Å². The number of pyridine rings is 2. The maximum atomic E-state index is 12.8. The Balaban J connectivity index is 1.70. The molecule has 3 heterocycles. The Morgan fingerprint density at radius 1 is 1.15 bits per heavy atom. The summed E-state index contributed by atoms with van der Waals surface area (Å²) in [5.74, 6) is -0.275. The number of carbonyl (C=O) groups is 1. The van der Waals surface area contributed by atoms with E-state index < -0.39 is 0 Å². The first-order chi connectivity index (χ1) is 13.2. The van der Waals surface area contributed by atoms with Gasteiger partial charge in [0.15, 0.2) is 12.4 Å². The molecule has 2 N–H and O–H groups in total. The van der Waals surface area contributed by atoms with Crippen molar-refractivity contribution in [2.24, 2.45) is 12.1 Å². The lowest BCUT2D eigenvalue weighted by atomic mass is 10.0. The van der Waals surface area contributed by atoms with Gasteiger partial charge >= 0.3 is 0 Å². The van der Waals surface area contributed by atoms with Crippen molar-refractivity contribution in [1.29, 1.82) is 0 Å². The van der Waals surface area contributed by atoms with Crippen LogP contribution in [-0.4, -0.2) is 21.7 Å². The Bertz CT molecular complexity index is 1130. The maximum absolute atomic E-state index is 12.8. The summed E-state index contributed by atoms with van der Waals surface area (Å²) >= 11 is 0. The van der Waals surface area contributed by atoms with E-state index in [2.05, 4.69) is 20.5 Å². The van der Waals surface area contributed by atoms with Gasteiger partial charge in [0.05, 0.1) is 28.7 Å². The number of rotatable bonds is 4. The molecule has 4 rings (SSSR count). The molecular weight excluding hydrogens is 338 g/mol. The third kappa shape index (κ3) is 3.46. The first-order valence-electron chi connectivity index (χ1n) is 8.53. The smallest absolute Gasteiger partial charge is 0.272 e. The number of para-hydroxylation sites is 1. The number of aromatic nitrogens is 3. The van der Waals surface area contributed by atoms with Gasteiger partial charge in [0.1, 0.15) is 0 Å². The molecule has 0 fully saturated rings. The average Bonchev–Trinajstić information content (AvgIpc) is 3.12. The van der Waals surface area contributed by atoms with Crippen LogP contribution in [0.4, 0.5) is 0 Å². The van der Waals surface area contributed by atoms with Gasteiger partial charge in [-0.05, 0) is 24.3 Å². The van der Waals surface area contributed by atoms with E-state index in [1.165, 1.54) is 0 Å². The second-order valence-corrected chi connectivity index (χ2v) is 6.10. The summed E-state index contributed by atoms with van der Waals surface area (Å²) in [7, 11) is 1.92. The molecule has 0 saturated carbocycles. The van der Waals surface area contributed by atoms with Crippen LogP contribution in [0.2, 0.25) is 0 Å². The molecular formula is C21H18N5O+. The molecule has 0 aliphatic rings. The number of aromatic amines is 1. The Morgan fingerprint density at radius 2 is 1.96 bits per heavy atom. The van der Waals surface area contributed by atoms with Gasteiger partial charge in [-0.1, -0.05) is 18.2 Å². The van der Waals surface area contributed by atoms with Gasteiger partial charge in [0.2, 0.25) is 0 Å². The fourth-order valence-electron chi connectivity index (χ4n) is 2.89. The summed E-state index contributed by atoms with van der Waals surface area (Å²) in [6.07, 6.45) is 7.20. The quantitative estimate of drug-likeness (QED) is 0.451. The highest BCUT2D eigenvalue weighted by atomic mass is 16.2. The van der Waals surface area contributed by atoms with Crippen molar-refractivity contribution in [3.8, 4) is 11.3 Å². The minimum atomic E-state index is -0.275. The number of hydrazone groups is 1. The molecule has 1 amide bonds. The number of hydrogen-bond donors (Lipinski definition) is 1. The topological polar surface area (TPSA) is 73.4 Å². The minimum Gasteiger partial charge on any atom is -0.350 e. The summed E-state index contributed by atoms with van der Waals surface area (Å²) < 4.78 is 1.92. The van der Waals surface area contributed by atoms with Crippen molar-refractivity contribution in [3.63, 3.8) is 0 Å². The number of benzene rings is 1. The van der Waals surface area contributed by atoms with Crippen LogP contribution in [0.15, 0.2) is 78.3 Å². The molecule has 0 spiro atoms. The average molecular weight is 356 g/mol. The molecule has 0 atom stereocenters. The predicted octanol–water partition coefficient (Wildman–Crippen LogP) is 2.82. The number of fused-ring (bicyclic) bond motifs is 1. The van der Waals surface area contributed by atoms with E-state index in [0.29, 0.717) is 5.56 Å². The van der Waals surface area contributed by atoms with Crippen molar-refractivity contribution in [1.82, 2.24) is 15.0 Å². The van der Waals surface area contributed by atoms with Crippen molar-refractivity contribution in [2.75, 3.05) is 0 Å². The summed E-state index contributed by atoms with van der Waals surface area (Å²) in [5.41, 5.74) is 6.48. The van der Waals surface area contributed by atoms with Crippen molar-refractivity contribution in [2.45, 2.75) is 0 Å². The molecule has 0 radical (unpaired) electrons. The second-order valence-electron chi connectivity index (χ2n) is 6.10. The lowest BCUT2D eigenvalue weighted by molar-refractivity contribution is -0.377. The first-order valence-corrected chi connectivity index (χ1v) is 8.53. The van der Waals surface area contributed by atoms with Gasteiger partial charge in [-0.25, -0.2) is 15.4 Å². The highest BCUT2D eigenvalue weighted by molar-refractivity contribution is 6.07. The van der Waals surface area contributed by atoms with Crippen molar-refractivity contribution >= 4 is 23.0 Å². The van der Waals surface area contributed by atoms with Crippen molar-refractivity contribution in [3.05, 3.63) is 84.4 Å². The number of amides is 1. The molecule has 132 valence electrons. The SMILES string of the molecule is Cn1cccc1/C=N/NC(=O)c1cc(-c2cc[nH+]cc2)nc2ccccc12. The van der Waals surface area contributed by atoms with E-state index in [0.717, 1.165) is 27.9 Å². The van der Waals surface area contributed by atoms with Crippen LogP contribution in [0.1, 0.15) is 16.1 Å². The van der Waals surface area contributed by atoms with Crippen LogP contribution in [0.3, 0.4) is 0 Å². The Kier molecular flexibility index (Phi) is 4.45. The van der Waals surface area contributed by atoms with Gasteiger partial charge in [-0.3, -0.25) is 4.79 Å². The molecule has 4 aromatic rings. The van der Waals surface area contributed by atoms with Crippen LogP contribution in [0.5, 0.6) is 0 Å². The predicted molar refractivity (Wildman–Crippen MR) is 104 cm³/mol. The van der Waals surface area contributed by atoms with Gasteiger partial charge < -0.3 is 4.57 Å². The van der Waals surface area contributed by atoms with Crippen LogP contribution >= 0.6 is 0 Å². The van der Waals surface area contributed by atoms with Crippen LogP contribution in [0.25, 0.3) is 22.2 Å². The molecule has 0 saturated heterocycles. The lowest BCUT2D eigenvalue weighted by Crippen LogP contribution is -2.18. The Hall–Kier alpha value is -3.80. The lowest BCUT2D eigenvalue weighted by Gasteiger charge is -2.08. The Labute approximate surface area is 156 Å².